The van der Waals surface area contributed by atoms with Crippen LogP contribution in [0.5, 0.6) is 0 Å². The molecule has 0 aliphatic rings. The number of rotatable bonds is 6. The maximum atomic E-state index is 12.8. The number of benzene rings is 1. The number of alkyl halides is 3. The summed E-state index contributed by atoms with van der Waals surface area (Å²) in [5, 5.41) is 5.96. The quantitative estimate of drug-likeness (QED) is 0.715. The predicted octanol–water partition coefficient (Wildman–Crippen LogP) is 0.875. The molecule has 1 unspecified atom stereocenters. The summed E-state index contributed by atoms with van der Waals surface area (Å²) in [5.41, 5.74) is 0.802. The third-order valence-corrected chi connectivity index (χ3v) is 3.00. The normalized spacial score (nSPS) is 13.5. The van der Waals surface area contributed by atoms with Crippen LogP contribution < -0.4 is 16.0 Å². The van der Waals surface area contributed by atoms with E-state index >= 15 is 0 Å². The summed E-state index contributed by atoms with van der Waals surface area (Å²) in [7, 11) is 0. The van der Waals surface area contributed by atoms with Crippen molar-refractivity contribution in [2.45, 2.75) is 38.7 Å². The van der Waals surface area contributed by atoms with E-state index in [2.05, 4.69) is 5.32 Å². The van der Waals surface area contributed by atoms with Crippen LogP contribution in [0.3, 0.4) is 0 Å². The molecule has 9 heteroatoms. The molecule has 0 bridgehead atoms. The van der Waals surface area contributed by atoms with Crippen LogP contribution >= 0.6 is 0 Å². The monoisotopic (exact) mass is 345 g/mol. The maximum absolute atomic E-state index is 12.8. The highest BCUT2D eigenvalue weighted by molar-refractivity contribution is 5.92. The van der Waals surface area contributed by atoms with Crippen LogP contribution in [-0.2, 0) is 20.9 Å². The molecular weight excluding hydrogens is 327 g/mol. The van der Waals surface area contributed by atoms with E-state index in [0.717, 1.165) is 12.5 Å². The summed E-state index contributed by atoms with van der Waals surface area (Å²) >= 11 is 0. The number of carbonyl (C=O) groups is 3. The maximum Gasteiger partial charge on any atom is 0.417 e. The van der Waals surface area contributed by atoms with Crippen molar-refractivity contribution in [2.24, 2.45) is 0 Å². The van der Waals surface area contributed by atoms with Crippen LogP contribution in [0.15, 0.2) is 30.3 Å². The fraction of sp³-hybridized carbons (Fsp3) is 0.400. The summed E-state index contributed by atoms with van der Waals surface area (Å²) in [6.07, 6.45) is -4.96. The number of hydrogen-bond donors (Lipinski definition) is 3. The predicted molar refractivity (Wildman–Crippen MR) is 79.6 cm³/mol. The lowest BCUT2D eigenvalue weighted by molar-refractivity contribution is -0.172. The average molecular weight is 345 g/mol. The molecule has 1 aromatic rings. The molecule has 132 valence electrons. The smallest absolute Gasteiger partial charge is 0.350 e. The standard InChI is InChI=1S/C15H18F3N3O3/c1-9(13(23)19-8-11-6-4-3-5-7-11)20-14(24)12(15(16,17)18)21-10(2)22/h3-7,9,12H,8H2,1-2H3,(H,19,23)(H,20,24)(H,21,22)/t9-,12?/m0/s1. The molecule has 2 atom stereocenters. The highest BCUT2D eigenvalue weighted by Crippen LogP contribution is 2.20. The Morgan fingerprint density at radius 2 is 1.62 bits per heavy atom. The Morgan fingerprint density at radius 3 is 2.12 bits per heavy atom. The van der Waals surface area contributed by atoms with Gasteiger partial charge in [0.2, 0.25) is 17.9 Å². The molecule has 6 nitrogen and oxygen atoms in total. The summed E-state index contributed by atoms with van der Waals surface area (Å²) in [5.74, 6) is -3.15. The van der Waals surface area contributed by atoms with Crippen molar-refractivity contribution < 1.29 is 27.6 Å². The number of halogens is 3. The molecule has 3 amide bonds. The van der Waals surface area contributed by atoms with Crippen LogP contribution in [0.1, 0.15) is 19.4 Å². The number of amides is 3. The lowest BCUT2D eigenvalue weighted by Crippen LogP contribution is -2.57. The lowest BCUT2D eigenvalue weighted by Gasteiger charge is -2.22. The van der Waals surface area contributed by atoms with Gasteiger partial charge in [-0.05, 0) is 12.5 Å². The van der Waals surface area contributed by atoms with E-state index in [0.29, 0.717) is 0 Å². The molecule has 0 aliphatic heterocycles. The van der Waals surface area contributed by atoms with Crippen LogP contribution in [0.2, 0.25) is 0 Å². The van der Waals surface area contributed by atoms with Crippen LogP contribution in [0, 0.1) is 0 Å². The van der Waals surface area contributed by atoms with Gasteiger partial charge in [0.15, 0.2) is 0 Å². The second-order valence-corrected chi connectivity index (χ2v) is 5.11. The van der Waals surface area contributed by atoms with Crippen molar-refractivity contribution in [3.8, 4) is 0 Å². The van der Waals surface area contributed by atoms with E-state index in [1.807, 2.05) is 5.32 Å². The van der Waals surface area contributed by atoms with E-state index in [4.69, 9.17) is 0 Å². The Hall–Kier alpha value is -2.58. The Labute approximate surface area is 136 Å². The van der Waals surface area contributed by atoms with Gasteiger partial charge < -0.3 is 16.0 Å². The van der Waals surface area contributed by atoms with Crippen LogP contribution in [-0.4, -0.2) is 36.0 Å². The van der Waals surface area contributed by atoms with Crippen molar-refractivity contribution in [2.75, 3.05) is 0 Å². The molecule has 3 N–H and O–H groups in total. The van der Waals surface area contributed by atoms with Gasteiger partial charge in [-0.15, -0.1) is 0 Å². The fourth-order valence-corrected chi connectivity index (χ4v) is 1.80. The summed E-state index contributed by atoms with van der Waals surface area (Å²) in [6, 6.07) is 4.97. The van der Waals surface area contributed by atoms with Gasteiger partial charge in [0.05, 0.1) is 0 Å². The third-order valence-electron chi connectivity index (χ3n) is 3.00. The first-order chi connectivity index (χ1) is 11.1. The summed E-state index contributed by atoms with van der Waals surface area (Å²) in [4.78, 5) is 34.4. The molecule has 24 heavy (non-hydrogen) atoms. The highest BCUT2D eigenvalue weighted by atomic mass is 19.4. The summed E-state index contributed by atoms with van der Waals surface area (Å²) < 4.78 is 38.3. The molecule has 0 saturated heterocycles. The second kappa shape index (κ2) is 8.32. The lowest BCUT2D eigenvalue weighted by atomic mass is 10.2. The molecule has 1 aromatic carbocycles. The van der Waals surface area contributed by atoms with E-state index < -0.39 is 36.0 Å². The molecule has 0 aromatic heterocycles. The molecule has 0 aliphatic carbocycles. The molecular formula is C15H18F3N3O3. The van der Waals surface area contributed by atoms with Crippen LogP contribution in [0.25, 0.3) is 0 Å². The van der Waals surface area contributed by atoms with Gasteiger partial charge in [0, 0.05) is 13.5 Å². The van der Waals surface area contributed by atoms with Gasteiger partial charge in [0.1, 0.15) is 6.04 Å². The Kier molecular flexibility index (Phi) is 6.75. The highest BCUT2D eigenvalue weighted by Gasteiger charge is 2.46. The minimum atomic E-state index is -4.96. The molecule has 1 rings (SSSR count). The molecule has 0 spiro atoms. The third kappa shape index (κ3) is 6.27. The minimum absolute atomic E-state index is 0.175. The van der Waals surface area contributed by atoms with E-state index in [-0.39, 0.29) is 6.54 Å². The van der Waals surface area contributed by atoms with Crippen LogP contribution in [0.4, 0.5) is 13.2 Å². The Balaban J connectivity index is 2.60. The van der Waals surface area contributed by atoms with Gasteiger partial charge in [-0.1, -0.05) is 30.3 Å². The number of carbonyl (C=O) groups excluding carboxylic acids is 3. The van der Waals surface area contributed by atoms with Crippen molar-refractivity contribution in [3.63, 3.8) is 0 Å². The molecule has 0 saturated carbocycles. The summed E-state index contributed by atoms with van der Waals surface area (Å²) in [6.45, 7) is 2.29. The van der Waals surface area contributed by atoms with Gasteiger partial charge in [-0.25, -0.2) is 0 Å². The molecule has 0 heterocycles. The first kappa shape index (κ1) is 19.5. The zero-order valence-electron chi connectivity index (χ0n) is 13.1. The number of nitrogens with one attached hydrogen (secondary N) is 3. The van der Waals surface area contributed by atoms with Crippen molar-refractivity contribution in [3.05, 3.63) is 35.9 Å². The molecule has 0 fully saturated rings. The largest absolute Gasteiger partial charge is 0.417 e. The van der Waals surface area contributed by atoms with Gasteiger partial charge in [-0.3, -0.25) is 14.4 Å². The molecule has 0 radical (unpaired) electrons. The van der Waals surface area contributed by atoms with Crippen molar-refractivity contribution >= 4 is 17.7 Å². The Bertz CT molecular complexity index is 591. The first-order valence-corrected chi connectivity index (χ1v) is 7.07. The fourth-order valence-electron chi connectivity index (χ4n) is 1.80. The zero-order valence-corrected chi connectivity index (χ0v) is 13.1. The van der Waals surface area contributed by atoms with Crippen molar-refractivity contribution in [1.29, 1.82) is 0 Å². The Morgan fingerprint density at radius 1 is 1.04 bits per heavy atom. The average Bonchev–Trinajstić information content (AvgIpc) is 2.49. The first-order valence-electron chi connectivity index (χ1n) is 7.07. The second-order valence-electron chi connectivity index (χ2n) is 5.11. The van der Waals surface area contributed by atoms with Crippen molar-refractivity contribution in [1.82, 2.24) is 16.0 Å². The van der Waals surface area contributed by atoms with Gasteiger partial charge >= 0.3 is 6.18 Å². The SMILES string of the molecule is CC(=O)NC(C(=O)N[C@@H](C)C(=O)NCc1ccccc1)C(F)(F)F. The van der Waals surface area contributed by atoms with E-state index in [1.165, 1.54) is 12.2 Å². The topological polar surface area (TPSA) is 87.3 Å². The van der Waals surface area contributed by atoms with E-state index in [1.54, 1.807) is 30.3 Å². The van der Waals surface area contributed by atoms with Gasteiger partial charge in [0.25, 0.3) is 5.91 Å². The minimum Gasteiger partial charge on any atom is -0.350 e. The van der Waals surface area contributed by atoms with E-state index in [9.17, 15) is 27.6 Å². The number of hydrogen-bond acceptors (Lipinski definition) is 3. The van der Waals surface area contributed by atoms with Gasteiger partial charge in [-0.2, -0.15) is 13.2 Å². The zero-order chi connectivity index (χ0) is 18.3.